The highest BCUT2D eigenvalue weighted by Gasteiger charge is 2.27. The van der Waals surface area contributed by atoms with Gasteiger partial charge in [-0.15, -0.1) is 0 Å². The van der Waals surface area contributed by atoms with Gasteiger partial charge in [0.1, 0.15) is 27.4 Å². The molecule has 0 aliphatic heterocycles. The number of carbonyl (C=O) groups excluding carboxylic acids is 1. The van der Waals surface area contributed by atoms with Crippen LogP contribution >= 0.6 is 11.3 Å². The van der Waals surface area contributed by atoms with E-state index < -0.39 is 0 Å². The predicted molar refractivity (Wildman–Crippen MR) is 125 cm³/mol. The van der Waals surface area contributed by atoms with Crippen molar-refractivity contribution < 1.29 is 14.3 Å². The Hall–Kier alpha value is -3.46. The maximum Gasteiger partial charge on any atom is 0.278 e. The smallest absolute Gasteiger partial charge is 0.278 e. The monoisotopic (exact) mass is 451 g/mol. The van der Waals surface area contributed by atoms with Crippen molar-refractivity contribution in [2.45, 2.75) is 33.4 Å². The second-order valence-electron chi connectivity index (χ2n) is 7.61. The fourth-order valence-corrected chi connectivity index (χ4v) is 4.57. The number of thiazole rings is 1. The van der Waals surface area contributed by atoms with Gasteiger partial charge in [-0.1, -0.05) is 17.4 Å². The summed E-state index contributed by atoms with van der Waals surface area (Å²) < 4.78 is 13.6. The number of hydrogen-bond acceptors (Lipinski definition) is 7. The van der Waals surface area contributed by atoms with Crippen molar-refractivity contribution in [2.75, 3.05) is 19.1 Å². The van der Waals surface area contributed by atoms with E-state index in [1.165, 1.54) is 11.3 Å². The summed E-state index contributed by atoms with van der Waals surface area (Å²) in [4.78, 5) is 24.5. The number of ether oxygens (including phenoxy) is 2. The summed E-state index contributed by atoms with van der Waals surface area (Å²) in [5, 5.41) is 5.06. The molecule has 4 rings (SSSR count). The number of carbonyl (C=O) groups is 1. The number of methoxy groups -OCH3 is 2. The Morgan fingerprint density at radius 3 is 2.59 bits per heavy atom. The first-order valence-corrected chi connectivity index (χ1v) is 11.0. The van der Waals surface area contributed by atoms with E-state index in [1.807, 2.05) is 51.1 Å². The molecule has 32 heavy (non-hydrogen) atoms. The minimum absolute atomic E-state index is 0.0402. The zero-order chi connectivity index (χ0) is 22.8. The lowest BCUT2D eigenvalue weighted by molar-refractivity contribution is 0.0973. The van der Waals surface area contributed by atoms with E-state index >= 15 is 0 Å². The van der Waals surface area contributed by atoms with Crippen LogP contribution in [0.15, 0.2) is 42.7 Å². The molecule has 166 valence electrons. The summed E-state index contributed by atoms with van der Waals surface area (Å²) in [6.45, 7) is 6.21. The SMILES string of the molecule is COc1ccc(OC)c2sc(N(Cc3cccnc3)C(=O)c3cc(C)nn3C(C)C)nc12. The number of amides is 1. The Morgan fingerprint density at radius 2 is 1.94 bits per heavy atom. The summed E-state index contributed by atoms with van der Waals surface area (Å²) in [5.74, 6) is 1.13. The highest BCUT2D eigenvalue weighted by atomic mass is 32.1. The number of pyridine rings is 1. The molecule has 0 bridgehead atoms. The topological polar surface area (TPSA) is 82.4 Å². The van der Waals surface area contributed by atoms with E-state index in [9.17, 15) is 4.79 Å². The molecule has 4 aromatic rings. The lowest BCUT2D eigenvalue weighted by Gasteiger charge is -2.21. The number of benzene rings is 1. The highest BCUT2D eigenvalue weighted by Crippen LogP contribution is 2.40. The predicted octanol–water partition coefficient (Wildman–Crippen LogP) is 4.64. The van der Waals surface area contributed by atoms with Crippen LogP contribution in [0.4, 0.5) is 5.13 Å². The van der Waals surface area contributed by atoms with Gasteiger partial charge in [-0.05, 0) is 50.6 Å². The third-order valence-corrected chi connectivity index (χ3v) is 6.10. The summed E-state index contributed by atoms with van der Waals surface area (Å²) >= 11 is 1.39. The summed E-state index contributed by atoms with van der Waals surface area (Å²) in [5.41, 5.74) is 2.85. The third kappa shape index (κ3) is 4.03. The van der Waals surface area contributed by atoms with Crippen LogP contribution in [0.5, 0.6) is 11.5 Å². The van der Waals surface area contributed by atoms with Crippen LogP contribution in [0, 0.1) is 6.92 Å². The number of anilines is 1. The summed E-state index contributed by atoms with van der Waals surface area (Å²) in [6, 6.07) is 9.30. The van der Waals surface area contributed by atoms with Crippen molar-refractivity contribution in [1.29, 1.82) is 0 Å². The molecule has 1 aromatic carbocycles. The van der Waals surface area contributed by atoms with Crippen LogP contribution in [0.2, 0.25) is 0 Å². The molecule has 9 heteroatoms. The maximum atomic E-state index is 13.8. The zero-order valence-corrected chi connectivity index (χ0v) is 19.5. The molecule has 1 amide bonds. The van der Waals surface area contributed by atoms with E-state index in [1.54, 1.807) is 36.2 Å². The second kappa shape index (κ2) is 8.96. The summed E-state index contributed by atoms with van der Waals surface area (Å²) in [6.07, 6.45) is 3.46. The molecule has 0 aliphatic rings. The van der Waals surface area contributed by atoms with Gasteiger partial charge < -0.3 is 9.47 Å². The molecule has 3 heterocycles. The molecule has 0 aliphatic carbocycles. The molecule has 0 saturated heterocycles. The first kappa shape index (κ1) is 21.8. The van der Waals surface area contributed by atoms with Crippen molar-refractivity contribution in [3.63, 3.8) is 0 Å². The summed E-state index contributed by atoms with van der Waals surface area (Å²) in [7, 11) is 3.21. The quantitative estimate of drug-likeness (QED) is 0.407. The van der Waals surface area contributed by atoms with Crippen LogP contribution < -0.4 is 14.4 Å². The van der Waals surface area contributed by atoms with Crippen LogP contribution in [0.1, 0.15) is 41.6 Å². The zero-order valence-electron chi connectivity index (χ0n) is 18.7. The van der Waals surface area contributed by atoms with Gasteiger partial charge >= 0.3 is 0 Å². The van der Waals surface area contributed by atoms with Gasteiger partial charge in [-0.3, -0.25) is 19.4 Å². The molecule has 3 aromatic heterocycles. The average molecular weight is 452 g/mol. The number of nitrogens with zero attached hydrogens (tertiary/aromatic N) is 5. The van der Waals surface area contributed by atoms with Crippen molar-refractivity contribution in [3.8, 4) is 11.5 Å². The number of hydrogen-bond donors (Lipinski definition) is 0. The molecular weight excluding hydrogens is 426 g/mol. The molecule has 0 atom stereocenters. The Labute approximate surface area is 190 Å². The van der Waals surface area contributed by atoms with E-state index in [0.717, 1.165) is 16.0 Å². The lowest BCUT2D eigenvalue weighted by atomic mass is 10.2. The lowest BCUT2D eigenvalue weighted by Crippen LogP contribution is -2.32. The van der Waals surface area contributed by atoms with Crippen LogP contribution in [0.3, 0.4) is 0 Å². The highest BCUT2D eigenvalue weighted by molar-refractivity contribution is 7.22. The van der Waals surface area contributed by atoms with Gasteiger partial charge in [-0.2, -0.15) is 5.10 Å². The minimum atomic E-state index is -0.180. The van der Waals surface area contributed by atoms with Crippen LogP contribution in [-0.4, -0.2) is 39.9 Å². The van der Waals surface area contributed by atoms with Gasteiger partial charge in [0.15, 0.2) is 5.13 Å². The van der Waals surface area contributed by atoms with Gasteiger partial charge in [0.05, 0.1) is 26.5 Å². The van der Waals surface area contributed by atoms with Gasteiger partial charge in [0.25, 0.3) is 5.91 Å². The molecule has 0 unspecified atom stereocenters. The molecule has 0 radical (unpaired) electrons. The fourth-order valence-electron chi connectivity index (χ4n) is 3.50. The second-order valence-corrected chi connectivity index (χ2v) is 8.58. The Balaban J connectivity index is 1.86. The van der Waals surface area contributed by atoms with E-state index in [0.29, 0.717) is 34.4 Å². The van der Waals surface area contributed by atoms with E-state index in [-0.39, 0.29) is 11.9 Å². The van der Waals surface area contributed by atoms with E-state index in [2.05, 4.69) is 10.1 Å². The molecule has 8 nitrogen and oxygen atoms in total. The van der Waals surface area contributed by atoms with Crippen molar-refractivity contribution in [2.24, 2.45) is 0 Å². The number of rotatable bonds is 7. The minimum Gasteiger partial charge on any atom is -0.495 e. The first-order valence-electron chi connectivity index (χ1n) is 10.2. The number of aromatic nitrogens is 4. The average Bonchev–Trinajstić information content (AvgIpc) is 3.41. The van der Waals surface area contributed by atoms with Crippen LogP contribution in [0.25, 0.3) is 10.2 Å². The fraction of sp³-hybridized carbons (Fsp3) is 0.304. The number of aryl methyl sites for hydroxylation is 1. The Bertz CT molecular complexity index is 1210. The van der Waals surface area contributed by atoms with Crippen LogP contribution in [-0.2, 0) is 6.54 Å². The standard InChI is InChI=1S/C23H25N5O3S/c1-14(2)28-17(11-15(3)26-28)22(29)27(13-16-7-6-10-24-12-16)23-25-20-18(30-4)8-9-19(31-5)21(20)32-23/h6-12,14H,13H2,1-5H3. The van der Waals surface area contributed by atoms with Gasteiger partial charge in [0.2, 0.25) is 0 Å². The Morgan fingerprint density at radius 1 is 1.19 bits per heavy atom. The molecule has 0 N–H and O–H groups in total. The molecule has 0 spiro atoms. The molecular formula is C23H25N5O3S. The third-order valence-electron chi connectivity index (χ3n) is 5.00. The van der Waals surface area contributed by atoms with Crippen molar-refractivity contribution in [3.05, 3.63) is 59.7 Å². The first-order chi connectivity index (χ1) is 15.4. The van der Waals surface area contributed by atoms with Crippen molar-refractivity contribution in [1.82, 2.24) is 19.7 Å². The number of fused-ring (bicyclic) bond motifs is 1. The molecule has 0 fully saturated rings. The maximum absolute atomic E-state index is 13.8. The van der Waals surface area contributed by atoms with Gasteiger partial charge in [0, 0.05) is 18.4 Å². The van der Waals surface area contributed by atoms with Gasteiger partial charge in [-0.25, -0.2) is 4.98 Å². The normalized spacial score (nSPS) is 11.2. The largest absolute Gasteiger partial charge is 0.495 e. The van der Waals surface area contributed by atoms with E-state index in [4.69, 9.17) is 14.5 Å². The molecule has 0 saturated carbocycles. The van der Waals surface area contributed by atoms with Crippen molar-refractivity contribution >= 4 is 32.6 Å². The Kier molecular flexibility index (Phi) is 6.09.